The van der Waals surface area contributed by atoms with E-state index in [2.05, 4.69) is 4.98 Å². The number of aromatic nitrogens is 1. The van der Waals surface area contributed by atoms with Crippen LogP contribution in [0.4, 0.5) is 5.13 Å². The third-order valence-corrected chi connectivity index (χ3v) is 7.76. The molecule has 39 heavy (non-hydrogen) atoms. The topological polar surface area (TPSA) is 115 Å². The van der Waals surface area contributed by atoms with Crippen molar-refractivity contribution in [2.24, 2.45) is 0 Å². The fraction of sp³-hybridized carbons (Fsp3) is 0.310. The fourth-order valence-electron chi connectivity index (χ4n) is 4.83. The summed E-state index contributed by atoms with van der Waals surface area (Å²) in [6.07, 6.45) is 1.48. The van der Waals surface area contributed by atoms with E-state index in [1.165, 1.54) is 12.0 Å². The average molecular weight is 549 g/mol. The molecule has 3 aromatic rings. The molecular formula is C29H28N2O7S. The Balaban J connectivity index is 1.67. The van der Waals surface area contributed by atoms with Crippen molar-refractivity contribution in [1.82, 2.24) is 4.98 Å². The Hall–Kier alpha value is -4.18. The van der Waals surface area contributed by atoms with Crippen LogP contribution < -0.4 is 14.4 Å². The summed E-state index contributed by atoms with van der Waals surface area (Å²) in [6.45, 7) is 6.07. The molecule has 5 rings (SSSR count). The molecule has 0 aliphatic carbocycles. The third-order valence-electron chi connectivity index (χ3n) is 6.62. The number of methoxy groups -OCH3 is 1. The largest absolute Gasteiger partial charge is 0.507 e. The molecule has 0 saturated carbocycles. The minimum atomic E-state index is -1.00. The number of rotatable bonds is 7. The maximum Gasteiger partial charge on any atom is 0.350 e. The summed E-state index contributed by atoms with van der Waals surface area (Å²) in [6, 6.07) is 11.3. The third kappa shape index (κ3) is 4.76. The van der Waals surface area contributed by atoms with Gasteiger partial charge in [0.05, 0.1) is 31.0 Å². The minimum Gasteiger partial charge on any atom is -0.507 e. The number of carbonyl (C=O) groups is 3. The van der Waals surface area contributed by atoms with Crippen LogP contribution >= 0.6 is 11.3 Å². The number of fused-ring (bicyclic) bond motifs is 1. The first-order valence-electron chi connectivity index (χ1n) is 12.6. The molecule has 0 bridgehead atoms. The average Bonchev–Trinajstić information content (AvgIpc) is 3.58. The smallest absolute Gasteiger partial charge is 0.350 e. The number of ketones is 1. The normalized spacial score (nSPS) is 19.6. The standard InChI is InChI=1S/C29H28N2O7S/c1-5-11-37-20-8-6-7-17(14-20)23-22(24(32)18-9-10-21-19(13-18)12-15(2)38-21)25(33)27(34)31(23)29-30-16(3)26(39-29)28(35)36-4/h6-10,13-15,23,32H,5,11-12H2,1-4H3/b24-22+. The van der Waals surface area contributed by atoms with Crippen molar-refractivity contribution >= 4 is 39.9 Å². The van der Waals surface area contributed by atoms with Crippen molar-refractivity contribution < 1.29 is 33.7 Å². The van der Waals surface area contributed by atoms with Crippen LogP contribution in [0.1, 0.15) is 58.4 Å². The fourth-order valence-corrected chi connectivity index (χ4v) is 5.84. The van der Waals surface area contributed by atoms with Gasteiger partial charge >= 0.3 is 11.9 Å². The maximum absolute atomic E-state index is 13.5. The zero-order valence-electron chi connectivity index (χ0n) is 22.0. The van der Waals surface area contributed by atoms with Gasteiger partial charge in [0.25, 0.3) is 5.78 Å². The van der Waals surface area contributed by atoms with E-state index >= 15 is 0 Å². The summed E-state index contributed by atoms with van der Waals surface area (Å²) in [4.78, 5) is 45.2. The zero-order valence-corrected chi connectivity index (χ0v) is 22.8. The summed E-state index contributed by atoms with van der Waals surface area (Å²) in [7, 11) is 1.26. The van der Waals surface area contributed by atoms with Crippen LogP contribution in [0.3, 0.4) is 0 Å². The lowest BCUT2D eigenvalue weighted by atomic mass is 9.94. The first kappa shape index (κ1) is 26.4. The molecule has 2 aliphatic rings. The Morgan fingerprint density at radius 1 is 1.23 bits per heavy atom. The highest BCUT2D eigenvalue weighted by Gasteiger charge is 2.48. The monoisotopic (exact) mass is 548 g/mol. The molecule has 0 radical (unpaired) electrons. The molecule has 1 N–H and O–H groups in total. The number of amides is 1. The second kappa shape index (κ2) is 10.5. The van der Waals surface area contributed by atoms with E-state index in [1.807, 2.05) is 13.8 Å². The molecule has 1 amide bonds. The predicted octanol–water partition coefficient (Wildman–Crippen LogP) is 4.98. The first-order chi connectivity index (χ1) is 18.7. The van der Waals surface area contributed by atoms with Crippen LogP contribution in [0, 0.1) is 6.92 Å². The van der Waals surface area contributed by atoms with Crippen molar-refractivity contribution in [3.8, 4) is 11.5 Å². The summed E-state index contributed by atoms with van der Waals surface area (Å²) in [5.74, 6) is -1.31. The number of ether oxygens (including phenoxy) is 3. The van der Waals surface area contributed by atoms with E-state index in [0.29, 0.717) is 35.6 Å². The molecule has 2 aromatic carbocycles. The van der Waals surface area contributed by atoms with Crippen molar-refractivity contribution in [3.63, 3.8) is 0 Å². The van der Waals surface area contributed by atoms with Gasteiger partial charge in [-0.3, -0.25) is 14.5 Å². The Morgan fingerprint density at radius 2 is 2.03 bits per heavy atom. The van der Waals surface area contributed by atoms with Gasteiger partial charge in [0, 0.05) is 12.0 Å². The number of hydrogen-bond donors (Lipinski definition) is 1. The van der Waals surface area contributed by atoms with Gasteiger partial charge in [-0.2, -0.15) is 0 Å². The molecule has 2 unspecified atom stereocenters. The van der Waals surface area contributed by atoms with E-state index in [9.17, 15) is 19.5 Å². The van der Waals surface area contributed by atoms with Crippen LogP contribution in [0.15, 0.2) is 48.0 Å². The second-order valence-electron chi connectivity index (χ2n) is 9.45. The van der Waals surface area contributed by atoms with Crippen molar-refractivity contribution in [2.45, 2.75) is 45.8 Å². The lowest BCUT2D eigenvalue weighted by molar-refractivity contribution is -0.132. The molecule has 3 heterocycles. The van der Waals surface area contributed by atoms with E-state index in [1.54, 1.807) is 49.4 Å². The molecule has 2 atom stereocenters. The Kier molecular flexibility index (Phi) is 7.14. The van der Waals surface area contributed by atoms with Crippen molar-refractivity contribution in [2.75, 3.05) is 18.6 Å². The predicted molar refractivity (Wildman–Crippen MR) is 145 cm³/mol. The van der Waals surface area contributed by atoms with Crippen molar-refractivity contribution in [1.29, 1.82) is 0 Å². The molecule has 2 aliphatic heterocycles. The van der Waals surface area contributed by atoms with E-state index in [4.69, 9.17) is 14.2 Å². The highest BCUT2D eigenvalue weighted by molar-refractivity contribution is 7.17. The van der Waals surface area contributed by atoms with Crippen LogP contribution in [-0.2, 0) is 20.7 Å². The quantitative estimate of drug-likeness (QED) is 0.190. The second-order valence-corrected chi connectivity index (χ2v) is 10.4. The zero-order chi connectivity index (χ0) is 27.8. The van der Waals surface area contributed by atoms with Gasteiger partial charge in [-0.05, 0) is 61.7 Å². The molecule has 1 fully saturated rings. The SMILES string of the molecule is CCCOc1cccc(C2/C(=C(\O)c3ccc4c(c3)CC(C)O4)C(=O)C(=O)N2c2nc(C)c(C(=O)OC)s2)c1. The lowest BCUT2D eigenvalue weighted by Crippen LogP contribution is -2.29. The van der Waals surface area contributed by atoms with Gasteiger partial charge in [-0.25, -0.2) is 9.78 Å². The molecule has 1 aromatic heterocycles. The lowest BCUT2D eigenvalue weighted by Gasteiger charge is -2.23. The number of thiazole rings is 1. The molecule has 202 valence electrons. The van der Waals surface area contributed by atoms with Crippen LogP contribution in [0.25, 0.3) is 5.76 Å². The van der Waals surface area contributed by atoms with Crippen LogP contribution in [-0.4, -0.2) is 47.6 Å². The van der Waals surface area contributed by atoms with E-state index in [0.717, 1.165) is 29.1 Å². The number of hydrogen-bond acceptors (Lipinski definition) is 9. The molecule has 0 spiro atoms. The highest BCUT2D eigenvalue weighted by Crippen LogP contribution is 2.45. The Bertz CT molecular complexity index is 1510. The summed E-state index contributed by atoms with van der Waals surface area (Å²) in [5, 5.41) is 11.7. The number of benzene rings is 2. The summed E-state index contributed by atoms with van der Waals surface area (Å²) >= 11 is 0.953. The van der Waals surface area contributed by atoms with Gasteiger partial charge in [-0.15, -0.1) is 0 Å². The molecule has 1 saturated heterocycles. The van der Waals surface area contributed by atoms with Gasteiger partial charge in [-0.1, -0.05) is 30.4 Å². The molecule has 9 nitrogen and oxygen atoms in total. The van der Waals surface area contributed by atoms with E-state index in [-0.39, 0.29) is 27.4 Å². The van der Waals surface area contributed by atoms with Crippen molar-refractivity contribution in [3.05, 3.63) is 75.3 Å². The van der Waals surface area contributed by atoms with Gasteiger partial charge < -0.3 is 19.3 Å². The summed E-state index contributed by atoms with van der Waals surface area (Å²) < 4.78 is 16.4. The first-order valence-corrected chi connectivity index (χ1v) is 13.4. The number of nitrogens with zero attached hydrogens (tertiary/aromatic N) is 2. The minimum absolute atomic E-state index is 0.00554. The van der Waals surface area contributed by atoms with E-state index < -0.39 is 23.7 Å². The van der Waals surface area contributed by atoms with Crippen LogP contribution in [0.2, 0.25) is 0 Å². The van der Waals surface area contributed by atoms with Gasteiger partial charge in [0.2, 0.25) is 0 Å². The number of aliphatic hydroxyl groups is 1. The van der Waals surface area contributed by atoms with Gasteiger partial charge in [0.1, 0.15) is 28.2 Å². The number of aliphatic hydroxyl groups excluding tert-OH is 1. The molecule has 10 heteroatoms. The maximum atomic E-state index is 13.5. The Labute approximate surface area is 229 Å². The van der Waals surface area contributed by atoms with Crippen LogP contribution in [0.5, 0.6) is 11.5 Å². The number of Topliss-reactive ketones (excluding diaryl/α,β-unsaturated/α-hetero) is 1. The summed E-state index contributed by atoms with van der Waals surface area (Å²) in [5.41, 5.74) is 2.15. The number of carbonyl (C=O) groups excluding carboxylic acids is 3. The Morgan fingerprint density at radius 3 is 2.77 bits per heavy atom. The molecular weight excluding hydrogens is 520 g/mol. The number of aryl methyl sites for hydroxylation is 1. The number of anilines is 1. The highest BCUT2D eigenvalue weighted by atomic mass is 32.1. The van der Waals surface area contributed by atoms with Gasteiger partial charge in [0.15, 0.2) is 5.13 Å². The number of esters is 1.